The number of sulfonamides is 1. The van der Waals surface area contributed by atoms with E-state index in [-0.39, 0.29) is 29.2 Å². The topological polar surface area (TPSA) is 184 Å². The summed E-state index contributed by atoms with van der Waals surface area (Å²) in [6.45, 7) is 5.09. The number of amides is 2. The number of nitrogens with one attached hydrogen (secondary N) is 4. The number of fused-ring (bicyclic) bond motifs is 1. The van der Waals surface area contributed by atoms with Crippen LogP contribution in [0.2, 0.25) is 0 Å². The standard InChI is InChI=1S/C28H40N6O6S/c1-4-18(2)25(27(37)40-3)32-26(36)23(15-24(35)31-16-19-8-7-13-34(17-19)28(29)30)33-41(38,39)22-12-11-20-9-5-6-10-21(20)14-22/h5-6,9-12,14,18-19,23,25,33H,4,7-8,13,15-17H2,1-3H3,(H3,29,30)(H,31,35)(H,32,36)/t18-,19-,23-,25-/m0/s1. The molecular weight excluding hydrogens is 548 g/mol. The van der Waals surface area contributed by atoms with Gasteiger partial charge in [0.05, 0.1) is 18.4 Å². The summed E-state index contributed by atoms with van der Waals surface area (Å²) in [5.74, 6) is -2.30. The van der Waals surface area contributed by atoms with Gasteiger partial charge >= 0.3 is 5.97 Å². The molecule has 1 aliphatic heterocycles. The molecule has 0 saturated carbocycles. The number of guanidine groups is 1. The fraction of sp³-hybridized carbons (Fsp3) is 0.500. The van der Waals surface area contributed by atoms with Gasteiger partial charge in [-0.05, 0) is 47.6 Å². The number of esters is 1. The van der Waals surface area contributed by atoms with Gasteiger partial charge in [0.2, 0.25) is 21.8 Å². The molecule has 4 atom stereocenters. The molecule has 12 nitrogen and oxygen atoms in total. The number of ether oxygens (including phenoxy) is 1. The van der Waals surface area contributed by atoms with Gasteiger partial charge in [-0.25, -0.2) is 13.2 Å². The number of carbonyl (C=O) groups excluding carboxylic acids is 3. The van der Waals surface area contributed by atoms with E-state index in [4.69, 9.17) is 15.9 Å². The number of rotatable bonds is 12. The van der Waals surface area contributed by atoms with E-state index >= 15 is 0 Å². The molecule has 6 N–H and O–H groups in total. The lowest BCUT2D eigenvalue weighted by Gasteiger charge is -2.33. The van der Waals surface area contributed by atoms with E-state index in [1.54, 1.807) is 30.0 Å². The highest BCUT2D eigenvalue weighted by atomic mass is 32.2. The van der Waals surface area contributed by atoms with Crippen LogP contribution in [0.15, 0.2) is 47.4 Å². The largest absolute Gasteiger partial charge is 0.467 e. The number of methoxy groups -OCH3 is 1. The predicted molar refractivity (Wildman–Crippen MR) is 155 cm³/mol. The molecule has 224 valence electrons. The number of hydrogen-bond acceptors (Lipinski definition) is 7. The Balaban J connectivity index is 1.79. The van der Waals surface area contributed by atoms with Crippen LogP contribution in [-0.4, -0.2) is 75.9 Å². The zero-order chi connectivity index (χ0) is 30.2. The molecule has 3 rings (SSSR count). The second-order valence-electron chi connectivity index (χ2n) is 10.4. The number of carbonyl (C=O) groups is 3. The van der Waals surface area contributed by atoms with Crippen LogP contribution < -0.4 is 21.1 Å². The third kappa shape index (κ3) is 8.64. The SMILES string of the molecule is CC[C@H](C)[C@H](NC(=O)[C@H](CC(=O)NC[C@@H]1CCCN(C(=N)N)C1)NS(=O)(=O)c1ccc2ccccc2c1)C(=O)OC. The highest BCUT2D eigenvalue weighted by molar-refractivity contribution is 7.89. The van der Waals surface area contributed by atoms with Crippen molar-refractivity contribution in [3.8, 4) is 0 Å². The van der Waals surface area contributed by atoms with Crippen molar-refractivity contribution >= 4 is 44.5 Å². The van der Waals surface area contributed by atoms with Gasteiger partial charge in [-0.15, -0.1) is 0 Å². The smallest absolute Gasteiger partial charge is 0.328 e. The Hall–Kier alpha value is -3.71. The van der Waals surface area contributed by atoms with E-state index in [1.165, 1.54) is 19.2 Å². The summed E-state index contributed by atoms with van der Waals surface area (Å²) in [6, 6.07) is 9.32. The van der Waals surface area contributed by atoms with Crippen LogP contribution in [0.4, 0.5) is 0 Å². The molecule has 0 bridgehead atoms. The maximum absolute atomic E-state index is 13.4. The van der Waals surface area contributed by atoms with Gasteiger partial charge in [0.1, 0.15) is 12.1 Å². The Morgan fingerprint density at radius 1 is 1.17 bits per heavy atom. The zero-order valence-corrected chi connectivity index (χ0v) is 24.5. The molecule has 0 radical (unpaired) electrons. The molecule has 41 heavy (non-hydrogen) atoms. The first-order chi connectivity index (χ1) is 19.4. The number of nitrogens with zero attached hydrogens (tertiary/aromatic N) is 1. The van der Waals surface area contributed by atoms with Gasteiger partial charge < -0.3 is 26.0 Å². The van der Waals surface area contributed by atoms with Crippen molar-refractivity contribution in [3.05, 3.63) is 42.5 Å². The maximum atomic E-state index is 13.4. The summed E-state index contributed by atoms with van der Waals surface area (Å²) in [4.78, 5) is 40.4. The molecule has 0 aliphatic carbocycles. The second kappa shape index (κ2) is 14.3. The first-order valence-electron chi connectivity index (χ1n) is 13.7. The summed E-state index contributed by atoms with van der Waals surface area (Å²) >= 11 is 0. The molecule has 2 aromatic rings. The Labute approximate surface area is 240 Å². The quantitative estimate of drug-likeness (QED) is 0.140. The van der Waals surface area contributed by atoms with Crippen LogP contribution in [0.25, 0.3) is 10.8 Å². The van der Waals surface area contributed by atoms with Crippen molar-refractivity contribution < 1.29 is 27.5 Å². The lowest BCUT2D eigenvalue weighted by molar-refractivity contribution is -0.146. The van der Waals surface area contributed by atoms with Crippen LogP contribution in [0.5, 0.6) is 0 Å². The van der Waals surface area contributed by atoms with Gasteiger partial charge in [0.15, 0.2) is 5.96 Å². The van der Waals surface area contributed by atoms with E-state index in [1.807, 2.05) is 19.1 Å². The predicted octanol–water partition coefficient (Wildman–Crippen LogP) is 1.30. The van der Waals surface area contributed by atoms with E-state index in [9.17, 15) is 22.8 Å². The van der Waals surface area contributed by atoms with Crippen molar-refractivity contribution in [2.24, 2.45) is 17.6 Å². The fourth-order valence-electron chi connectivity index (χ4n) is 4.79. The average Bonchev–Trinajstić information content (AvgIpc) is 2.97. The monoisotopic (exact) mass is 588 g/mol. The molecule has 1 saturated heterocycles. The van der Waals surface area contributed by atoms with E-state index in [2.05, 4.69) is 15.4 Å². The normalized spacial score (nSPS) is 17.7. The summed E-state index contributed by atoms with van der Waals surface area (Å²) in [5.41, 5.74) is 5.60. The Bertz CT molecular complexity index is 1370. The molecule has 1 fully saturated rings. The first-order valence-corrected chi connectivity index (χ1v) is 15.2. The number of hydrogen-bond donors (Lipinski definition) is 5. The molecular formula is C28H40N6O6S. The van der Waals surface area contributed by atoms with Crippen LogP contribution in [0, 0.1) is 17.2 Å². The molecule has 1 heterocycles. The minimum Gasteiger partial charge on any atom is -0.467 e. The van der Waals surface area contributed by atoms with Crippen molar-refractivity contribution in [2.75, 3.05) is 26.7 Å². The second-order valence-corrected chi connectivity index (χ2v) is 12.1. The van der Waals surface area contributed by atoms with Gasteiger partial charge in [-0.2, -0.15) is 4.72 Å². The molecule has 0 aromatic heterocycles. The summed E-state index contributed by atoms with van der Waals surface area (Å²) in [5, 5.41) is 14.6. The molecule has 13 heteroatoms. The van der Waals surface area contributed by atoms with Crippen LogP contribution >= 0.6 is 0 Å². The lowest BCUT2D eigenvalue weighted by atomic mass is 9.98. The van der Waals surface area contributed by atoms with Crippen molar-refractivity contribution in [1.82, 2.24) is 20.3 Å². The van der Waals surface area contributed by atoms with Gasteiger partial charge in [-0.3, -0.25) is 15.0 Å². The van der Waals surface area contributed by atoms with E-state index in [0.717, 1.165) is 18.2 Å². The molecule has 0 spiro atoms. The Morgan fingerprint density at radius 3 is 2.54 bits per heavy atom. The fourth-order valence-corrected chi connectivity index (χ4v) is 6.02. The molecule has 2 aromatic carbocycles. The number of piperidine rings is 1. The number of benzene rings is 2. The summed E-state index contributed by atoms with van der Waals surface area (Å²) in [7, 11) is -3.03. The number of nitrogens with two attached hydrogens (primary N) is 1. The Morgan fingerprint density at radius 2 is 1.88 bits per heavy atom. The first kappa shape index (κ1) is 31.8. The van der Waals surface area contributed by atoms with Gasteiger partial charge in [0, 0.05) is 19.6 Å². The highest BCUT2D eigenvalue weighted by Gasteiger charge is 2.33. The van der Waals surface area contributed by atoms with Crippen LogP contribution in [-0.2, 0) is 29.1 Å². The summed E-state index contributed by atoms with van der Waals surface area (Å²) < 4.78 is 34.0. The van der Waals surface area contributed by atoms with E-state index < -0.39 is 46.3 Å². The third-order valence-corrected chi connectivity index (χ3v) is 8.92. The molecule has 2 amide bonds. The number of likely N-dealkylation sites (tertiary alicyclic amines) is 1. The minimum atomic E-state index is -4.23. The van der Waals surface area contributed by atoms with Crippen LogP contribution in [0.3, 0.4) is 0 Å². The van der Waals surface area contributed by atoms with E-state index in [0.29, 0.717) is 24.9 Å². The minimum absolute atomic E-state index is 0.0256. The Kier molecular flexibility index (Phi) is 11.1. The van der Waals surface area contributed by atoms with Crippen molar-refractivity contribution in [3.63, 3.8) is 0 Å². The zero-order valence-electron chi connectivity index (χ0n) is 23.7. The molecule has 1 aliphatic rings. The summed E-state index contributed by atoms with van der Waals surface area (Å²) in [6.07, 6.45) is 1.71. The van der Waals surface area contributed by atoms with Crippen molar-refractivity contribution in [1.29, 1.82) is 5.41 Å². The van der Waals surface area contributed by atoms with Gasteiger partial charge in [-0.1, -0.05) is 50.6 Å². The highest BCUT2D eigenvalue weighted by Crippen LogP contribution is 2.20. The van der Waals surface area contributed by atoms with Crippen molar-refractivity contribution in [2.45, 2.75) is 56.5 Å². The van der Waals surface area contributed by atoms with Crippen LogP contribution in [0.1, 0.15) is 39.5 Å². The third-order valence-electron chi connectivity index (χ3n) is 7.45. The molecule has 0 unspecified atom stereocenters. The maximum Gasteiger partial charge on any atom is 0.328 e. The van der Waals surface area contributed by atoms with Gasteiger partial charge in [0.25, 0.3) is 0 Å². The lowest BCUT2D eigenvalue weighted by Crippen LogP contribution is -2.55. The average molecular weight is 589 g/mol.